The molecule has 292 valence electrons. The summed E-state index contributed by atoms with van der Waals surface area (Å²) in [4.78, 5) is 22.4. The summed E-state index contributed by atoms with van der Waals surface area (Å²) in [7, 11) is -4.26. The average molecular weight is 718 g/mol. The number of carbonyl (C=O) groups is 1. The Kier molecular flexibility index (Phi) is 37.9. The normalized spacial score (nSPS) is 13.6. The quantitative estimate of drug-likeness (QED) is 0.0278. The first-order valence-corrected chi connectivity index (χ1v) is 22.2. The third kappa shape index (κ3) is 38.3. The Balaban J connectivity index is 3.93. The van der Waals surface area contributed by atoms with E-state index in [4.69, 9.17) is 24.3 Å². The van der Waals surface area contributed by atoms with Gasteiger partial charge in [-0.2, -0.15) is 0 Å². The van der Waals surface area contributed by atoms with Crippen LogP contribution in [-0.4, -0.2) is 49.9 Å². The van der Waals surface area contributed by atoms with Crippen LogP contribution in [0.3, 0.4) is 0 Å². The molecule has 9 heteroatoms. The van der Waals surface area contributed by atoms with Crippen LogP contribution in [0, 0.1) is 0 Å². The molecule has 49 heavy (non-hydrogen) atoms. The Bertz CT molecular complexity index is 767. The second kappa shape index (κ2) is 38.5. The molecule has 0 rings (SSSR count). The molecule has 0 aliphatic rings. The standard InChI is InChI=1S/C40H80NO7P/c1-3-5-7-9-11-13-14-15-16-17-18-19-20-21-22-23-24-25-27-29-31-33-40(42)48-39(38-47-49(43,44)46-36-34-41)37-45-35-32-30-28-26-12-10-8-6-4-2/h17-18,39H,3-16,19-38,41H2,1-2H3,(H,43,44)/b18-17-. The first kappa shape index (κ1) is 48.2. The van der Waals surface area contributed by atoms with E-state index >= 15 is 0 Å². The van der Waals surface area contributed by atoms with Crippen molar-refractivity contribution in [1.29, 1.82) is 0 Å². The van der Waals surface area contributed by atoms with Crippen LogP contribution in [0.25, 0.3) is 0 Å². The lowest BCUT2D eigenvalue weighted by atomic mass is 10.1. The molecule has 0 heterocycles. The molecule has 2 atom stereocenters. The highest BCUT2D eigenvalue weighted by Crippen LogP contribution is 2.43. The number of rotatable bonds is 40. The summed E-state index contributed by atoms with van der Waals surface area (Å²) in [6, 6.07) is 0. The number of unbranched alkanes of at least 4 members (excludes halogenated alkanes) is 25. The smallest absolute Gasteiger partial charge is 0.457 e. The number of carbonyl (C=O) groups excluding carboxylic acids is 1. The average Bonchev–Trinajstić information content (AvgIpc) is 3.09. The molecule has 0 amide bonds. The van der Waals surface area contributed by atoms with E-state index in [-0.39, 0.29) is 32.3 Å². The van der Waals surface area contributed by atoms with Gasteiger partial charge in [0.25, 0.3) is 0 Å². The summed E-state index contributed by atoms with van der Waals surface area (Å²) in [6.07, 6.45) is 39.5. The highest BCUT2D eigenvalue weighted by atomic mass is 31.2. The molecule has 0 radical (unpaired) electrons. The maximum absolute atomic E-state index is 12.5. The van der Waals surface area contributed by atoms with Crippen molar-refractivity contribution in [2.24, 2.45) is 5.73 Å². The minimum atomic E-state index is -4.26. The van der Waals surface area contributed by atoms with E-state index in [9.17, 15) is 14.3 Å². The van der Waals surface area contributed by atoms with Crippen LogP contribution >= 0.6 is 7.82 Å². The number of nitrogens with two attached hydrogens (primary N) is 1. The van der Waals surface area contributed by atoms with E-state index in [0.717, 1.165) is 32.1 Å². The molecule has 0 spiro atoms. The summed E-state index contributed by atoms with van der Waals surface area (Å²) >= 11 is 0. The maximum Gasteiger partial charge on any atom is 0.472 e. The molecule has 3 N–H and O–H groups in total. The van der Waals surface area contributed by atoms with Crippen LogP contribution in [-0.2, 0) is 27.9 Å². The summed E-state index contributed by atoms with van der Waals surface area (Å²) in [5.41, 5.74) is 5.35. The van der Waals surface area contributed by atoms with Gasteiger partial charge in [-0.15, -0.1) is 0 Å². The third-order valence-corrected chi connectivity index (χ3v) is 9.92. The molecule has 0 aromatic carbocycles. The number of esters is 1. The lowest BCUT2D eigenvalue weighted by Gasteiger charge is -2.20. The second-order valence-corrected chi connectivity index (χ2v) is 15.3. The van der Waals surface area contributed by atoms with E-state index in [1.54, 1.807) is 0 Å². The first-order chi connectivity index (χ1) is 23.9. The molecule has 0 aromatic rings. The van der Waals surface area contributed by atoms with E-state index in [1.165, 1.54) is 148 Å². The van der Waals surface area contributed by atoms with Crippen molar-refractivity contribution in [3.05, 3.63) is 12.2 Å². The van der Waals surface area contributed by atoms with Crippen molar-refractivity contribution < 1.29 is 32.8 Å². The van der Waals surface area contributed by atoms with Gasteiger partial charge in [0.1, 0.15) is 6.10 Å². The van der Waals surface area contributed by atoms with Gasteiger partial charge in [0.15, 0.2) is 0 Å². The number of hydrogen-bond donors (Lipinski definition) is 2. The van der Waals surface area contributed by atoms with E-state index in [0.29, 0.717) is 13.0 Å². The number of allylic oxidation sites excluding steroid dienone is 2. The van der Waals surface area contributed by atoms with Gasteiger partial charge in [0.05, 0.1) is 19.8 Å². The van der Waals surface area contributed by atoms with Crippen molar-refractivity contribution >= 4 is 13.8 Å². The fraction of sp³-hybridized carbons (Fsp3) is 0.925. The predicted molar refractivity (Wildman–Crippen MR) is 206 cm³/mol. The molecule has 8 nitrogen and oxygen atoms in total. The Morgan fingerprint density at radius 2 is 1.02 bits per heavy atom. The van der Waals surface area contributed by atoms with Crippen molar-refractivity contribution in [3.8, 4) is 0 Å². The van der Waals surface area contributed by atoms with Crippen LogP contribution in [0.15, 0.2) is 12.2 Å². The summed E-state index contributed by atoms with van der Waals surface area (Å²) in [5.74, 6) is -0.331. The topological polar surface area (TPSA) is 117 Å². The largest absolute Gasteiger partial charge is 0.472 e. The van der Waals surface area contributed by atoms with Crippen molar-refractivity contribution in [1.82, 2.24) is 0 Å². The number of hydrogen-bond acceptors (Lipinski definition) is 7. The minimum absolute atomic E-state index is 0.0928. The van der Waals surface area contributed by atoms with E-state index in [2.05, 4.69) is 26.0 Å². The summed E-state index contributed by atoms with van der Waals surface area (Å²) in [5, 5.41) is 0. The fourth-order valence-electron chi connectivity index (χ4n) is 5.87. The highest BCUT2D eigenvalue weighted by Gasteiger charge is 2.25. The van der Waals surface area contributed by atoms with Gasteiger partial charge in [0, 0.05) is 19.6 Å². The second-order valence-electron chi connectivity index (χ2n) is 13.9. The van der Waals surface area contributed by atoms with Crippen LogP contribution in [0.5, 0.6) is 0 Å². The Morgan fingerprint density at radius 3 is 1.49 bits per heavy atom. The van der Waals surface area contributed by atoms with Gasteiger partial charge < -0.3 is 20.1 Å². The van der Waals surface area contributed by atoms with Crippen molar-refractivity contribution in [2.45, 2.75) is 206 Å². The molecule has 0 aliphatic carbocycles. The van der Waals surface area contributed by atoms with Gasteiger partial charge in [-0.25, -0.2) is 4.57 Å². The molecule has 0 fully saturated rings. The highest BCUT2D eigenvalue weighted by molar-refractivity contribution is 7.47. The molecule has 2 unspecified atom stereocenters. The predicted octanol–water partition coefficient (Wildman–Crippen LogP) is 11.9. The van der Waals surface area contributed by atoms with Crippen LogP contribution in [0.1, 0.15) is 200 Å². The Morgan fingerprint density at radius 1 is 0.592 bits per heavy atom. The molecule has 0 saturated heterocycles. The molecular weight excluding hydrogens is 637 g/mol. The molecule has 0 saturated carbocycles. The first-order valence-electron chi connectivity index (χ1n) is 20.7. The molecule has 0 aromatic heterocycles. The fourth-order valence-corrected chi connectivity index (χ4v) is 6.64. The van der Waals surface area contributed by atoms with Gasteiger partial charge in [-0.3, -0.25) is 13.8 Å². The SMILES string of the molecule is CCCCCCCCCC/C=C\CCCCCCCCCCCC(=O)OC(COCCCCCCCCCCC)COP(=O)(O)OCCN. The number of phosphoric ester groups is 1. The monoisotopic (exact) mass is 718 g/mol. The maximum atomic E-state index is 12.5. The van der Waals surface area contributed by atoms with Gasteiger partial charge in [0.2, 0.25) is 0 Å². The zero-order valence-corrected chi connectivity index (χ0v) is 33.1. The number of ether oxygens (including phenoxy) is 2. The van der Waals surface area contributed by atoms with Crippen molar-refractivity contribution in [3.63, 3.8) is 0 Å². The van der Waals surface area contributed by atoms with Crippen molar-refractivity contribution in [2.75, 3.05) is 33.0 Å². The molecule has 0 aliphatic heterocycles. The zero-order valence-electron chi connectivity index (χ0n) is 32.2. The Labute approximate surface area is 303 Å². The minimum Gasteiger partial charge on any atom is -0.457 e. The lowest BCUT2D eigenvalue weighted by Crippen LogP contribution is -2.28. The Hall–Kier alpha value is -0.760. The van der Waals surface area contributed by atoms with Crippen LogP contribution in [0.2, 0.25) is 0 Å². The molecule has 0 bridgehead atoms. The van der Waals surface area contributed by atoms with E-state index in [1.807, 2.05) is 0 Å². The zero-order chi connectivity index (χ0) is 35.9. The van der Waals surface area contributed by atoms with Gasteiger partial charge in [-0.05, 0) is 38.5 Å². The van der Waals surface area contributed by atoms with Gasteiger partial charge >= 0.3 is 13.8 Å². The summed E-state index contributed by atoms with van der Waals surface area (Å²) < 4.78 is 33.3. The van der Waals surface area contributed by atoms with Crippen LogP contribution < -0.4 is 5.73 Å². The third-order valence-electron chi connectivity index (χ3n) is 8.93. The molecular formula is C40H80NO7P. The lowest BCUT2D eigenvalue weighted by molar-refractivity contribution is -0.154. The summed E-state index contributed by atoms with van der Waals surface area (Å²) in [6.45, 7) is 4.93. The van der Waals surface area contributed by atoms with E-state index < -0.39 is 13.9 Å². The number of phosphoric acid groups is 1. The van der Waals surface area contributed by atoms with Gasteiger partial charge in [-0.1, -0.05) is 167 Å². The van der Waals surface area contributed by atoms with Crippen LogP contribution in [0.4, 0.5) is 0 Å².